The molecule has 0 saturated heterocycles. The fraction of sp³-hybridized carbons (Fsp3) is 0.576. The molecule has 0 fully saturated rings. The molecule has 3 amide bonds. The number of hydrogen-bond donors (Lipinski definition) is 3. The molecule has 2 aliphatic rings. The van der Waals surface area contributed by atoms with Crippen molar-refractivity contribution in [2.24, 2.45) is 0 Å². The monoisotopic (exact) mass is 533 g/mol. The SMILES string of the molecule is CCCN(O)C(=O)Nc1ccc(C(=O)Nc2c3c(cc4c2C(C)(C)CCC4(C)C)C(C)(C)CCC3(C)C)cc1. The maximum absolute atomic E-state index is 13.8. The standard InChI is InChI=1S/C33H47N3O3/c1-10-19-36(39)29(38)34-22-13-11-21(12-14-22)28(37)35-27-25-23(30(2,3)15-17-32(25,6)7)20-24-26(27)33(8,9)18-16-31(24,4)5/h11-14,20,39H,10,15-19H2,1-9H3,(H,34,38)(H,35,37). The fourth-order valence-electron chi connectivity index (χ4n) is 6.44. The summed E-state index contributed by atoms with van der Waals surface area (Å²) in [6, 6.07) is 8.72. The first-order valence-electron chi connectivity index (χ1n) is 14.4. The Hall–Kier alpha value is -2.86. The number of anilines is 2. The largest absolute Gasteiger partial charge is 0.345 e. The van der Waals surface area contributed by atoms with E-state index in [1.54, 1.807) is 24.3 Å². The van der Waals surface area contributed by atoms with Gasteiger partial charge >= 0.3 is 6.03 Å². The predicted octanol–water partition coefficient (Wildman–Crippen LogP) is 8.27. The van der Waals surface area contributed by atoms with Crippen LogP contribution in [0.4, 0.5) is 16.2 Å². The molecule has 2 aromatic carbocycles. The van der Waals surface area contributed by atoms with Crippen molar-refractivity contribution in [1.29, 1.82) is 0 Å². The fourth-order valence-corrected chi connectivity index (χ4v) is 6.44. The molecule has 4 rings (SSSR count). The van der Waals surface area contributed by atoms with Crippen molar-refractivity contribution in [3.05, 3.63) is 58.1 Å². The molecule has 212 valence electrons. The minimum Gasteiger partial charge on any atom is -0.321 e. The van der Waals surface area contributed by atoms with E-state index in [4.69, 9.17) is 0 Å². The number of nitrogens with one attached hydrogen (secondary N) is 2. The van der Waals surface area contributed by atoms with Gasteiger partial charge in [0.1, 0.15) is 0 Å². The number of hydroxylamine groups is 2. The van der Waals surface area contributed by atoms with Crippen LogP contribution in [-0.4, -0.2) is 28.8 Å². The van der Waals surface area contributed by atoms with Crippen LogP contribution in [0.1, 0.15) is 127 Å². The first-order valence-corrected chi connectivity index (χ1v) is 14.4. The van der Waals surface area contributed by atoms with Gasteiger partial charge in [0.15, 0.2) is 0 Å². The number of fused-ring (bicyclic) bond motifs is 2. The number of carbonyl (C=O) groups excluding carboxylic acids is 2. The van der Waals surface area contributed by atoms with Crippen LogP contribution < -0.4 is 10.6 Å². The molecule has 2 aromatic rings. The van der Waals surface area contributed by atoms with Crippen molar-refractivity contribution in [3.8, 4) is 0 Å². The lowest BCUT2D eigenvalue weighted by Crippen LogP contribution is -2.41. The van der Waals surface area contributed by atoms with Crippen molar-refractivity contribution in [3.63, 3.8) is 0 Å². The Bertz CT molecular complexity index is 1220. The second kappa shape index (κ2) is 9.96. The van der Waals surface area contributed by atoms with Gasteiger partial charge in [-0.3, -0.25) is 10.0 Å². The summed E-state index contributed by atoms with van der Waals surface area (Å²) < 4.78 is 0. The zero-order chi connectivity index (χ0) is 29.0. The summed E-state index contributed by atoms with van der Waals surface area (Å²) in [6.07, 6.45) is 5.00. The molecular formula is C33H47N3O3. The number of rotatable bonds is 5. The third kappa shape index (κ3) is 5.45. The molecule has 6 nitrogen and oxygen atoms in total. The molecule has 0 unspecified atom stereocenters. The molecule has 0 bridgehead atoms. The third-order valence-corrected chi connectivity index (χ3v) is 9.20. The van der Waals surface area contributed by atoms with Gasteiger partial charge in [0.05, 0.1) is 0 Å². The van der Waals surface area contributed by atoms with Gasteiger partial charge in [0.2, 0.25) is 0 Å². The van der Waals surface area contributed by atoms with Crippen LogP contribution in [0.15, 0.2) is 30.3 Å². The molecule has 0 aromatic heterocycles. The second-order valence-corrected chi connectivity index (χ2v) is 14.2. The Labute approximate surface area is 234 Å². The quantitative estimate of drug-likeness (QED) is 0.267. The highest BCUT2D eigenvalue weighted by Gasteiger charge is 2.46. The number of benzene rings is 2. The van der Waals surface area contributed by atoms with E-state index in [1.807, 2.05) is 6.92 Å². The molecule has 39 heavy (non-hydrogen) atoms. The molecule has 6 heteroatoms. The first kappa shape index (κ1) is 29.1. The molecule has 0 heterocycles. The topological polar surface area (TPSA) is 81.7 Å². The highest BCUT2D eigenvalue weighted by atomic mass is 16.5. The van der Waals surface area contributed by atoms with Gasteiger partial charge in [-0.15, -0.1) is 0 Å². The average molecular weight is 534 g/mol. The Kier molecular flexibility index (Phi) is 7.44. The van der Waals surface area contributed by atoms with Crippen LogP contribution in [-0.2, 0) is 21.7 Å². The molecule has 0 saturated carbocycles. The van der Waals surface area contributed by atoms with Crippen LogP contribution >= 0.6 is 0 Å². The summed E-state index contributed by atoms with van der Waals surface area (Å²) in [5.74, 6) is -0.156. The molecule has 0 radical (unpaired) electrons. The maximum Gasteiger partial charge on any atom is 0.345 e. The molecular weight excluding hydrogens is 486 g/mol. The van der Waals surface area contributed by atoms with E-state index >= 15 is 0 Å². The predicted molar refractivity (Wildman–Crippen MR) is 159 cm³/mol. The minimum absolute atomic E-state index is 0.0231. The van der Waals surface area contributed by atoms with Gasteiger partial charge in [-0.05, 0) is 100 Å². The van der Waals surface area contributed by atoms with E-state index < -0.39 is 6.03 Å². The molecule has 0 spiro atoms. The summed E-state index contributed by atoms with van der Waals surface area (Å²) in [7, 11) is 0. The first-order chi connectivity index (χ1) is 18.0. The van der Waals surface area contributed by atoms with Crippen LogP contribution in [0.25, 0.3) is 0 Å². The Balaban J connectivity index is 1.78. The van der Waals surface area contributed by atoms with Crippen molar-refractivity contribution >= 4 is 23.3 Å². The zero-order valence-corrected chi connectivity index (χ0v) is 25.3. The van der Waals surface area contributed by atoms with Crippen LogP contribution in [0.5, 0.6) is 0 Å². The lowest BCUT2D eigenvalue weighted by Gasteiger charge is -2.49. The Morgan fingerprint density at radius 1 is 0.769 bits per heavy atom. The van der Waals surface area contributed by atoms with Crippen LogP contribution in [0.2, 0.25) is 0 Å². The van der Waals surface area contributed by atoms with E-state index in [9.17, 15) is 14.8 Å². The highest BCUT2D eigenvalue weighted by Crippen LogP contribution is 2.56. The smallest absolute Gasteiger partial charge is 0.321 e. The minimum atomic E-state index is -0.591. The van der Waals surface area contributed by atoms with Crippen molar-refractivity contribution in [2.45, 2.75) is 116 Å². The van der Waals surface area contributed by atoms with E-state index in [0.29, 0.717) is 22.7 Å². The van der Waals surface area contributed by atoms with E-state index in [-0.39, 0.29) is 34.1 Å². The van der Waals surface area contributed by atoms with Crippen molar-refractivity contribution in [2.75, 3.05) is 17.2 Å². The number of carbonyl (C=O) groups is 2. The van der Waals surface area contributed by atoms with E-state index in [2.05, 4.69) is 72.1 Å². The molecule has 3 N–H and O–H groups in total. The van der Waals surface area contributed by atoms with Gasteiger partial charge in [-0.25, -0.2) is 9.86 Å². The average Bonchev–Trinajstić information content (AvgIpc) is 2.85. The summed E-state index contributed by atoms with van der Waals surface area (Å²) in [5, 5.41) is 16.5. The van der Waals surface area contributed by atoms with Crippen molar-refractivity contribution in [1.82, 2.24) is 5.06 Å². The van der Waals surface area contributed by atoms with Gasteiger partial charge in [-0.1, -0.05) is 68.4 Å². The second-order valence-electron chi connectivity index (χ2n) is 14.2. The Morgan fingerprint density at radius 3 is 1.69 bits per heavy atom. The molecule has 0 atom stereocenters. The van der Waals surface area contributed by atoms with Crippen molar-refractivity contribution < 1.29 is 14.8 Å². The summed E-state index contributed by atoms with van der Waals surface area (Å²) >= 11 is 0. The van der Waals surface area contributed by atoms with Gasteiger partial charge in [0.25, 0.3) is 5.91 Å². The molecule has 2 aliphatic carbocycles. The summed E-state index contributed by atoms with van der Waals surface area (Å²) in [5.41, 5.74) is 7.22. The Morgan fingerprint density at radius 2 is 1.23 bits per heavy atom. The third-order valence-electron chi connectivity index (χ3n) is 9.20. The highest BCUT2D eigenvalue weighted by molar-refractivity contribution is 6.06. The molecule has 0 aliphatic heterocycles. The number of urea groups is 1. The zero-order valence-electron chi connectivity index (χ0n) is 25.3. The summed E-state index contributed by atoms with van der Waals surface area (Å²) in [6.45, 7) is 20.7. The van der Waals surface area contributed by atoms with Gasteiger partial charge < -0.3 is 10.6 Å². The van der Waals surface area contributed by atoms with E-state index in [0.717, 1.165) is 31.4 Å². The maximum atomic E-state index is 13.8. The lowest BCUT2D eigenvalue weighted by molar-refractivity contribution is -0.0368. The number of hydrogen-bond acceptors (Lipinski definition) is 3. The van der Waals surface area contributed by atoms with Gasteiger partial charge in [-0.2, -0.15) is 0 Å². The lowest BCUT2D eigenvalue weighted by atomic mass is 9.56. The van der Waals surface area contributed by atoms with E-state index in [1.165, 1.54) is 22.3 Å². The van der Waals surface area contributed by atoms with Gasteiger partial charge in [0, 0.05) is 23.5 Å². The normalized spacial score (nSPS) is 19.8. The number of nitrogens with zero attached hydrogens (tertiary/aromatic N) is 1. The van der Waals surface area contributed by atoms with Crippen LogP contribution in [0.3, 0.4) is 0 Å². The number of amides is 3. The summed E-state index contributed by atoms with van der Waals surface area (Å²) in [4.78, 5) is 26.0. The van der Waals surface area contributed by atoms with Crippen LogP contribution in [0, 0.1) is 0 Å².